The lowest BCUT2D eigenvalue weighted by atomic mass is 10.0. The number of hydrogen-bond acceptors (Lipinski definition) is 3. The number of aromatic nitrogens is 2. The number of hydrogen-bond donors (Lipinski definition) is 1. The van der Waals surface area contributed by atoms with E-state index in [0.717, 1.165) is 36.4 Å². The van der Waals surface area contributed by atoms with Gasteiger partial charge in [-0.25, -0.2) is 9.78 Å². The Kier molecular flexibility index (Phi) is 3.68. The Morgan fingerprint density at radius 2 is 2.24 bits per heavy atom. The van der Waals surface area contributed by atoms with Gasteiger partial charge in [-0.15, -0.1) is 0 Å². The first kappa shape index (κ1) is 14.1. The van der Waals surface area contributed by atoms with E-state index < -0.39 is 5.97 Å². The SMILES string of the molecule is Cc1nc2cccc(C(=O)O)c2n1CC1CCCCN1C. The molecule has 1 saturated heterocycles. The van der Waals surface area contributed by atoms with Crippen LogP contribution in [0.1, 0.15) is 35.4 Å². The molecule has 5 nitrogen and oxygen atoms in total. The van der Waals surface area contributed by atoms with E-state index in [2.05, 4.69) is 21.5 Å². The summed E-state index contributed by atoms with van der Waals surface area (Å²) in [6, 6.07) is 5.76. The summed E-state index contributed by atoms with van der Waals surface area (Å²) in [4.78, 5) is 18.4. The van der Waals surface area contributed by atoms with Gasteiger partial charge in [-0.3, -0.25) is 0 Å². The van der Waals surface area contributed by atoms with Gasteiger partial charge in [0.25, 0.3) is 0 Å². The van der Waals surface area contributed by atoms with Crippen LogP contribution in [0.2, 0.25) is 0 Å². The van der Waals surface area contributed by atoms with E-state index in [-0.39, 0.29) is 0 Å². The summed E-state index contributed by atoms with van der Waals surface area (Å²) in [5, 5.41) is 9.42. The number of fused-ring (bicyclic) bond motifs is 1. The average molecular weight is 287 g/mol. The summed E-state index contributed by atoms with van der Waals surface area (Å²) < 4.78 is 2.07. The van der Waals surface area contributed by atoms with Crippen LogP contribution in [0.5, 0.6) is 0 Å². The first-order valence-corrected chi connectivity index (χ1v) is 7.47. The summed E-state index contributed by atoms with van der Waals surface area (Å²) >= 11 is 0. The highest BCUT2D eigenvalue weighted by atomic mass is 16.4. The number of likely N-dealkylation sites (tertiary alicyclic amines) is 1. The van der Waals surface area contributed by atoms with Crippen LogP contribution >= 0.6 is 0 Å². The molecule has 1 aliphatic heterocycles. The number of likely N-dealkylation sites (N-methyl/N-ethyl adjacent to an activating group) is 1. The number of carboxylic acids is 1. The normalized spacial score (nSPS) is 20.0. The van der Waals surface area contributed by atoms with Crippen molar-refractivity contribution < 1.29 is 9.90 Å². The summed E-state index contributed by atoms with van der Waals surface area (Å²) in [5.74, 6) is -0.00331. The van der Waals surface area contributed by atoms with Crippen molar-refractivity contribution in [3.63, 3.8) is 0 Å². The van der Waals surface area contributed by atoms with Crippen LogP contribution in [0, 0.1) is 6.92 Å². The minimum atomic E-state index is -0.890. The van der Waals surface area contributed by atoms with Gasteiger partial charge in [-0.05, 0) is 45.5 Å². The fourth-order valence-corrected chi connectivity index (χ4v) is 3.28. The molecule has 1 aromatic heterocycles. The minimum absolute atomic E-state index is 0.339. The largest absolute Gasteiger partial charge is 0.478 e. The standard InChI is InChI=1S/C16H21N3O2/c1-11-17-14-8-5-7-13(16(20)21)15(14)19(11)10-12-6-3-4-9-18(12)2/h5,7-8,12H,3-4,6,9-10H2,1-2H3,(H,20,21). The zero-order chi connectivity index (χ0) is 15.0. The molecule has 1 N–H and O–H groups in total. The lowest BCUT2D eigenvalue weighted by Gasteiger charge is -2.33. The topological polar surface area (TPSA) is 58.4 Å². The summed E-state index contributed by atoms with van der Waals surface area (Å²) in [7, 11) is 2.15. The van der Waals surface area contributed by atoms with Gasteiger partial charge in [0.15, 0.2) is 0 Å². The van der Waals surface area contributed by atoms with Gasteiger partial charge in [0.1, 0.15) is 5.82 Å². The second-order valence-corrected chi connectivity index (χ2v) is 5.88. The Balaban J connectivity index is 2.05. The van der Waals surface area contributed by atoms with E-state index in [1.54, 1.807) is 12.1 Å². The third-order valence-electron chi connectivity index (χ3n) is 4.50. The molecule has 0 amide bonds. The van der Waals surface area contributed by atoms with Crippen LogP contribution in [0.4, 0.5) is 0 Å². The van der Waals surface area contributed by atoms with Crippen LogP contribution in [0.25, 0.3) is 11.0 Å². The quantitative estimate of drug-likeness (QED) is 0.942. The second kappa shape index (κ2) is 5.48. The van der Waals surface area contributed by atoms with Gasteiger partial charge < -0.3 is 14.6 Å². The number of piperidine rings is 1. The molecule has 3 rings (SSSR count). The number of para-hydroxylation sites is 1. The molecule has 2 heterocycles. The predicted molar refractivity (Wildman–Crippen MR) is 81.7 cm³/mol. The van der Waals surface area contributed by atoms with Crippen LogP contribution in [0.3, 0.4) is 0 Å². The molecule has 1 fully saturated rings. The van der Waals surface area contributed by atoms with Crippen molar-refractivity contribution in [1.29, 1.82) is 0 Å². The van der Waals surface area contributed by atoms with Crippen molar-refractivity contribution in [2.24, 2.45) is 0 Å². The Bertz CT molecular complexity index is 677. The van der Waals surface area contributed by atoms with E-state index in [0.29, 0.717) is 11.6 Å². The van der Waals surface area contributed by atoms with Crippen molar-refractivity contribution in [1.82, 2.24) is 14.5 Å². The highest BCUT2D eigenvalue weighted by Gasteiger charge is 2.22. The zero-order valence-corrected chi connectivity index (χ0v) is 12.5. The van der Waals surface area contributed by atoms with Gasteiger partial charge >= 0.3 is 5.97 Å². The summed E-state index contributed by atoms with van der Waals surface area (Å²) in [6.07, 6.45) is 3.65. The van der Waals surface area contributed by atoms with Crippen molar-refractivity contribution in [3.05, 3.63) is 29.6 Å². The van der Waals surface area contributed by atoms with Crippen molar-refractivity contribution in [2.75, 3.05) is 13.6 Å². The Labute approximate surface area is 124 Å². The molecular formula is C16H21N3O2. The molecule has 2 aromatic rings. The highest BCUT2D eigenvalue weighted by molar-refractivity contribution is 6.01. The maximum Gasteiger partial charge on any atom is 0.337 e. The van der Waals surface area contributed by atoms with E-state index in [4.69, 9.17) is 0 Å². The molecule has 0 aliphatic carbocycles. The third kappa shape index (κ3) is 2.53. The third-order valence-corrected chi connectivity index (χ3v) is 4.50. The maximum atomic E-state index is 11.5. The molecular weight excluding hydrogens is 266 g/mol. The Morgan fingerprint density at radius 3 is 2.95 bits per heavy atom. The molecule has 0 radical (unpaired) electrons. The molecule has 0 spiro atoms. The van der Waals surface area contributed by atoms with E-state index >= 15 is 0 Å². The minimum Gasteiger partial charge on any atom is -0.478 e. The monoisotopic (exact) mass is 287 g/mol. The van der Waals surface area contributed by atoms with E-state index in [1.807, 2.05) is 13.0 Å². The predicted octanol–water partition coefficient (Wildman–Crippen LogP) is 2.53. The number of aryl methyl sites for hydroxylation is 1. The maximum absolute atomic E-state index is 11.5. The van der Waals surface area contributed by atoms with Gasteiger partial charge in [-0.2, -0.15) is 0 Å². The van der Waals surface area contributed by atoms with Crippen LogP contribution in [-0.4, -0.2) is 45.2 Å². The molecule has 1 unspecified atom stereocenters. The van der Waals surface area contributed by atoms with Crippen molar-refractivity contribution >= 4 is 17.0 Å². The number of aromatic carboxylic acids is 1. The molecule has 0 saturated carbocycles. The molecule has 1 aromatic carbocycles. The van der Waals surface area contributed by atoms with Gasteiger partial charge in [0.2, 0.25) is 0 Å². The number of imidazole rings is 1. The number of benzene rings is 1. The van der Waals surface area contributed by atoms with Crippen LogP contribution < -0.4 is 0 Å². The summed E-state index contributed by atoms with van der Waals surface area (Å²) in [5.41, 5.74) is 1.86. The van der Waals surface area contributed by atoms with Crippen LogP contribution in [-0.2, 0) is 6.54 Å². The first-order chi connectivity index (χ1) is 10.1. The molecule has 5 heteroatoms. The number of nitrogens with zero attached hydrogens (tertiary/aromatic N) is 3. The first-order valence-electron chi connectivity index (χ1n) is 7.47. The van der Waals surface area contributed by atoms with Crippen molar-refractivity contribution in [2.45, 2.75) is 38.8 Å². The molecule has 1 aliphatic rings. The second-order valence-electron chi connectivity index (χ2n) is 5.88. The molecule has 21 heavy (non-hydrogen) atoms. The Hall–Kier alpha value is -1.88. The van der Waals surface area contributed by atoms with Crippen LogP contribution in [0.15, 0.2) is 18.2 Å². The molecule has 112 valence electrons. The Morgan fingerprint density at radius 1 is 1.43 bits per heavy atom. The molecule has 1 atom stereocenters. The highest BCUT2D eigenvalue weighted by Crippen LogP contribution is 2.24. The average Bonchev–Trinajstić information content (AvgIpc) is 2.77. The lowest BCUT2D eigenvalue weighted by Crippen LogP contribution is -2.39. The lowest BCUT2D eigenvalue weighted by molar-refractivity contribution is 0.0698. The van der Waals surface area contributed by atoms with Gasteiger partial charge in [0.05, 0.1) is 16.6 Å². The summed E-state index contributed by atoms with van der Waals surface area (Å²) in [6.45, 7) is 3.87. The van der Waals surface area contributed by atoms with E-state index in [9.17, 15) is 9.90 Å². The smallest absolute Gasteiger partial charge is 0.337 e. The fourth-order valence-electron chi connectivity index (χ4n) is 3.28. The van der Waals surface area contributed by atoms with Gasteiger partial charge in [-0.1, -0.05) is 12.5 Å². The van der Waals surface area contributed by atoms with Crippen molar-refractivity contribution in [3.8, 4) is 0 Å². The zero-order valence-electron chi connectivity index (χ0n) is 12.5. The molecule has 0 bridgehead atoms. The number of carboxylic acid groups (broad SMARTS) is 1. The fraction of sp³-hybridized carbons (Fsp3) is 0.500. The number of carbonyl (C=O) groups is 1. The number of rotatable bonds is 3. The van der Waals surface area contributed by atoms with Gasteiger partial charge in [0, 0.05) is 12.6 Å². The van der Waals surface area contributed by atoms with E-state index in [1.165, 1.54) is 12.8 Å².